The van der Waals surface area contributed by atoms with Gasteiger partial charge < -0.3 is 5.73 Å². The average Bonchev–Trinajstić information content (AvgIpc) is 2.38. The average molecular weight is 341 g/mol. The van der Waals surface area contributed by atoms with Gasteiger partial charge in [0.15, 0.2) is 5.15 Å². The van der Waals surface area contributed by atoms with Crippen LogP contribution in [0.2, 0.25) is 5.15 Å². The molecule has 0 aliphatic rings. The van der Waals surface area contributed by atoms with E-state index in [1.165, 1.54) is 0 Å². The molecule has 19 heavy (non-hydrogen) atoms. The maximum absolute atomic E-state index is 6.07. The summed E-state index contributed by atoms with van der Waals surface area (Å²) in [5.74, 6) is 0. The van der Waals surface area contributed by atoms with Gasteiger partial charge in [0.1, 0.15) is 0 Å². The number of benzene rings is 1. The van der Waals surface area contributed by atoms with Crippen molar-refractivity contribution in [2.75, 3.05) is 12.3 Å². The van der Waals surface area contributed by atoms with Crippen molar-refractivity contribution in [3.63, 3.8) is 0 Å². The van der Waals surface area contributed by atoms with Crippen molar-refractivity contribution in [3.8, 4) is 0 Å². The molecule has 0 bridgehead atoms. The second-order valence-electron chi connectivity index (χ2n) is 4.28. The lowest BCUT2D eigenvalue weighted by Crippen LogP contribution is -1.99. The van der Waals surface area contributed by atoms with E-state index in [1.807, 2.05) is 18.2 Å². The van der Waals surface area contributed by atoms with Crippen LogP contribution < -0.4 is 5.73 Å². The number of pyridine rings is 1. The Hall–Kier alpha value is -1.13. The number of aliphatic imine (C=N–C) groups is 1. The van der Waals surface area contributed by atoms with Gasteiger partial charge in [-0.25, -0.2) is 4.98 Å². The number of aromatic nitrogens is 1. The van der Waals surface area contributed by atoms with E-state index in [4.69, 9.17) is 17.3 Å². The molecule has 0 spiro atoms. The van der Waals surface area contributed by atoms with Gasteiger partial charge in [0, 0.05) is 28.2 Å². The molecule has 0 saturated heterocycles. The zero-order chi connectivity index (χ0) is 13.8. The molecule has 0 fully saturated rings. The first-order valence-corrected chi connectivity index (χ1v) is 7.34. The lowest BCUT2D eigenvalue weighted by molar-refractivity contribution is 0.810. The molecule has 0 amide bonds. The van der Waals surface area contributed by atoms with E-state index in [2.05, 4.69) is 32.8 Å². The van der Waals surface area contributed by atoms with Crippen LogP contribution in [0.5, 0.6) is 0 Å². The molecule has 2 N–H and O–H groups in total. The summed E-state index contributed by atoms with van der Waals surface area (Å²) in [7, 11) is 0. The lowest BCUT2D eigenvalue weighted by Gasteiger charge is -2.07. The van der Waals surface area contributed by atoms with Gasteiger partial charge in [-0.2, -0.15) is 0 Å². The molecule has 0 saturated carbocycles. The molecule has 0 atom stereocenters. The Morgan fingerprint density at radius 2 is 2.26 bits per heavy atom. The first kappa shape index (κ1) is 14.3. The van der Waals surface area contributed by atoms with E-state index in [0.29, 0.717) is 10.8 Å². The van der Waals surface area contributed by atoms with Crippen molar-refractivity contribution in [2.24, 2.45) is 4.99 Å². The number of hydrogen-bond acceptors (Lipinski definition) is 3. The SMILES string of the molecule is CCCCN=Cc1c(N)c(Cl)nc2cc(Br)ccc12. The maximum Gasteiger partial charge on any atom is 0.153 e. The molecule has 1 aromatic carbocycles. The summed E-state index contributed by atoms with van der Waals surface area (Å²) in [6, 6.07) is 5.85. The molecule has 0 radical (unpaired) electrons. The Labute approximate surface area is 126 Å². The highest BCUT2D eigenvalue weighted by atomic mass is 79.9. The van der Waals surface area contributed by atoms with Crippen molar-refractivity contribution in [2.45, 2.75) is 19.8 Å². The fourth-order valence-corrected chi connectivity index (χ4v) is 2.33. The van der Waals surface area contributed by atoms with Gasteiger partial charge in [-0.1, -0.05) is 46.9 Å². The van der Waals surface area contributed by atoms with Crippen molar-refractivity contribution >= 4 is 50.3 Å². The Balaban J connectivity index is 2.51. The summed E-state index contributed by atoms with van der Waals surface area (Å²) in [6.07, 6.45) is 3.99. The molecule has 2 aromatic rings. The highest BCUT2D eigenvalue weighted by Gasteiger charge is 2.09. The number of fused-ring (bicyclic) bond motifs is 1. The largest absolute Gasteiger partial charge is 0.396 e. The maximum atomic E-state index is 6.07. The second kappa shape index (κ2) is 6.35. The predicted octanol–water partition coefficient (Wildman–Crippen LogP) is 4.45. The fourth-order valence-electron chi connectivity index (χ4n) is 1.79. The Morgan fingerprint density at radius 1 is 1.47 bits per heavy atom. The van der Waals surface area contributed by atoms with Gasteiger partial charge in [0.2, 0.25) is 0 Å². The number of anilines is 1. The summed E-state index contributed by atoms with van der Waals surface area (Å²) in [6.45, 7) is 2.94. The number of halogens is 2. The number of nitrogen functional groups attached to an aromatic ring is 1. The molecule has 5 heteroatoms. The van der Waals surface area contributed by atoms with Crippen LogP contribution in [0.25, 0.3) is 10.9 Å². The summed E-state index contributed by atoms with van der Waals surface area (Å²) in [5, 5.41) is 1.29. The van der Waals surface area contributed by atoms with Crippen LogP contribution in [-0.4, -0.2) is 17.7 Å². The van der Waals surface area contributed by atoms with Crippen LogP contribution in [0.4, 0.5) is 5.69 Å². The summed E-state index contributed by atoms with van der Waals surface area (Å²) >= 11 is 9.50. The zero-order valence-electron chi connectivity index (χ0n) is 10.7. The topological polar surface area (TPSA) is 51.3 Å². The van der Waals surface area contributed by atoms with Crippen molar-refractivity contribution in [1.29, 1.82) is 0 Å². The lowest BCUT2D eigenvalue weighted by atomic mass is 10.1. The van der Waals surface area contributed by atoms with Crippen LogP contribution in [0.1, 0.15) is 25.3 Å². The number of hydrogen-bond donors (Lipinski definition) is 1. The number of unbranched alkanes of at least 4 members (excludes halogenated alkanes) is 1. The third-order valence-electron chi connectivity index (χ3n) is 2.84. The number of nitrogens with two attached hydrogens (primary N) is 1. The van der Waals surface area contributed by atoms with Gasteiger partial charge in [-0.05, 0) is 18.6 Å². The van der Waals surface area contributed by atoms with E-state index < -0.39 is 0 Å². The molecule has 1 aromatic heterocycles. The normalized spacial score (nSPS) is 11.5. The first-order chi connectivity index (χ1) is 9.13. The molecular weight excluding hydrogens is 326 g/mol. The van der Waals surface area contributed by atoms with Crippen molar-refractivity contribution in [1.82, 2.24) is 4.98 Å². The van der Waals surface area contributed by atoms with Gasteiger partial charge >= 0.3 is 0 Å². The zero-order valence-corrected chi connectivity index (χ0v) is 13.0. The number of nitrogens with zero attached hydrogens (tertiary/aromatic N) is 2. The molecule has 0 aliphatic heterocycles. The quantitative estimate of drug-likeness (QED) is 0.508. The Bertz CT molecular complexity index is 626. The van der Waals surface area contributed by atoms with Gasteiger partial charge in [-0.3, -0.25) is 4.99 Å². The first-order valence-electron chi connectivity index (χ1n) is 6.17. The summed E-state index contributed by atoms with van der Waals surface area (Å²) < 4.78 is 0.960. The molecule has 0 unspecified atom stereocenters. The van der Waals surface area contributed by atoms with Crippen LogP contribution in [0.15, 0.2) is 27.7 Å². The monoisotopic (exact) mass is 339 g/mol. The third-order valence-corrected chi connectivity index (χ3v) is 3.62. The second-order valence-corrected chi connectivity index (χ2v) is 5.55. The Morgan fingerprint density at radius 3 is 3.00 bits per heavy atom. The molecule has 1 heterocycles. The van der Waals surface area contributed by atoms with Crippen LogP contribution in [0, 0.1) is 0 Å². The predicted molar refractivity (Wildman–Crippen MR) is 86.2 cm³/mol. The van der Waals surface area contributed by atoms with E-state index in [-0.39, 0.29) is 0 Å². The van der Waals surface area contributed by atoms with E-state index in [0.717, 1.165) is 40.3 Å². The molecule has 2 rings (SSSR count). The van der Waals surface area contributed by atoms with Crippen molar-refractivity contribution < 1.29 is 0 Å². The number of rotatable bonds is 4. The van der Waals surface area contributed by atoms with Gasteiger partial charge in [-0.15, -0.1) is 0 Å². The summed E-state index contributed by atoms with van der Waals surface area (Å²) in [4.78, 5) is 8.69. The molecule has 100 valence electrons. The van der Waals surface area contributed by atoms with Crippen LogP contribution in [-0.2, 0) is 0 Å². The molecule has 3 nitrogen and oxygen atoms in total. The van der Waals surface area contributed by atoms with Gasteiger partial charge in [0.25, 0.3) is 0 Å². The third kappa shape index (κ3) is 3.25. The highest BCUT2D eigenvalue weighted by Crippen LogP contribution is 2.29. The standard InChI is InChI=1S/C14H15BrClN3/c1-2-3-6-18-8-11-10-5-4-9(15)7-12(10)19-14(16)13(11)17/h4-5,7-8H,2-3,6,17H2,1H3. The smallest absolute Gasteiger partial charge is 0.153 e. The Kier molecular flexibility index (Phi) is 4.77. The molecular formula is C14H15BrClN3. The minimum Gasteiger partial charge on any atom is -0.396 e. The van der Waals surface area contributed by atoms with Crippen LogP contribution >= 0.6 is 27.5 Å². The molecule has 0 aliphatic carbocycles. The van der Waals surface area contributed by atoms with E-state index in [1.54, 1.807) is 6.21 Å². The highest BCUT2D eigenvalue weighted by molar-refractivity contribution is 9.10. The fraction of sp³-hybridized carbons (Fsp3) is 0.286. The van der Waals surface area contributed by atoms with E-state index in [9.17, 15) is 0 Å². The van der Waals surface area contributed by atoms with E-state index >= 15 is 0 Å². The van der Waals surface area contributed by atoms with Crippen molar-refractivity contribution in [3.05, 3.63) is 33.4 Å². The van der Waals surface area contributed by atoms with Gasteiger partial charge in [0.05, 0.1) is 11.2 Å². The minimum absolute atomic E-state index is 0.322. The minimum atomic E-state index is 0.322. The summed E-state index contributed by atoms with van der Waals surface area (Å²) in [5.41, 5.74) is 8.14. The van der Waals surface area contributed by atoms with Crippen LogP contribution in [0.3, 0.4) is 0 Å².